The molecule has 0 aromatic carbocycles. The highest BCUT2D eigenvalue weighted by atomic mass is 16.4. The van der Waals surface area contributed by atoms with Crippen molar-refractivity contribution in [3.63, 3.8) is 0 Å². The lowest BCUT2D eigenvalue weighted by molar-refractivity contribution is -0.137. The zero-order valence-electron chi connectivity index (χ0n) is 4.64. The molecule has 0 aromatic rings. The lowest BCUT2D eigenvalue weighted by Crippen LogP contribution is -2.00. The summed E-state index contributed by atoms with van der Waals surface area (Å²) in [4.78, 5) is 9.85. The van der Waals surface area contributed by atoms with Crippen LogP contribution in [-0.4, -0.2) is 11.1 Å². The molecule has 43 valence electrons. The molecule has 2 heteroatoms. The lowest BCUT2D eigenvalue weighted by atomic mass is 10.1. The van der Waals surface area contributed by atoms with Gasteiger partial charge in [-0.15, -0.1) is 0 Å². The molecule has 0 aliphatic rings. The maximum Gasteiger partial charge on any atom is 0.304 e. The zero-order valence-corrected chi connectivity index (χ0v) is 4.64. The number of carboxylic acids is 1. The minimum atomic E-state index is -0.878. The summed E-state index contributed by atoms with van der Waals surface area (Å²) in [7, 11) is 0. The quantitative estimate of drug-likeness (QED) is 0.532. The molecule has 0 spiro atoms. The molecule has 0 saturated carbocycles. The predicted molar refractivity (Wildman–Crippen MR) is 28.5 cm³/mol. The number of carbonyl (C=O) groups is 1. The fraction of sp³-hybridized carbons (Fsp3) is 0.500. The molecular formula is C6H7O2. The third kappa shape index (κ3) is 3.23. The van der Waals surface area contributed by atoms with Crippen molar-refractivity contribution in [3.05, 3.63) is 6.42 Å². The van der Waals surface area contributed by atoms with E-state index in [1.165, 1.54) is 0 Å². The summed E-state index contributed by atoms with van der Waals surface area (Å²) in [5.41, 5.74) is 0. The highest BCUT2D eigenvalue weighted by molar-refractivity contribution is 5.67. The van der Waals surface area contributed by atoms with Gasteiger partial charge in [-0.05, 0) is 6.42 Å². The van der Waals surface area contributed by atoms with Gasteiger partial charge >= 0.3 is 5.97 Å². The second kappa shape index (κ2) is 3.09. The first-order valence-electron chi connectivity index (χ1n) is 2.31. The van der Waals surface area contributed by atoms with Gasteiger partial charge in [-0.3, -0.25) is 4.79 Å². The van der Waals surface area contributed by atoms with Gasteiger partial charge < -0.3 is 5.11 Å². The Hall–Kier alpha value is -0.970. The molecule has 0 aliphatic carbocycles. The Kier molecular flexibility index (Phi) is 2.71. The van der Waals surface area contributed by atoms with Gasteiger partial charge in [0, 0.05) is 5.92 Å². The summed E-state index contributed by atoms with van der Waals surface area (Å²) in [5, 5.41) is 8.09. The molecule has 1 atom stereocenters. The third-order valence-corrected chi connectivity index (χ3v) is 0.727. The minimum absolute atomic E-state index is 0.00347. The Labute approximate surface area is 48.5 Å². The lowest BCUT2D eigenvalue weighted by Gasteiger charge is -1.93. The van der Waals surface area contributed by atoms with Gasteiger partial charge in [0.05, 0.1) is 6.42 Å². The van der Waals surface area contributed by atoms with Gasteiger partial charge in [0.2, 0.25) is 0 Å². The van der Waals surface area contributed by atoms with Crippen molar-refractivity contribution in [3.8, 4) is 5.92 Å². The number of aliphatic carboxylic acids is 1. The van der Waals surface area contributed by atoms with Crippen LogP contribution in [0.2, 0.25) is 0 Å². The van der Waals surface area contributed by atoms with Crippen molar-refractivity contribution in [2.75, 3.05) is 0 Å². The van der Waals surface area contributed by atoms with Gasteiger partial charge in [-0.25, -0.2) is 0 Å². The van der Waals surface area contributed by atoms with Crippen LogP contribution in [0.5, 0.6) is 0 Å². The van der Waals surface area contributed by atoms with Crippen LogP contribution < -0.4 is 0 Å². The first-order valence-corrected chi connectivity index (χ1v) is 2.31. The summed E-state index contributed by atoms with van der Waals surface area (Å²) in [6.45, 7) is 1.64. The first-order chi connectivity index (χ1) is 3.66. The average Bonchev–Trinajstić information content (AvgIpc) is 1.65. The molecule has 0 saturated heterocycles. The normalized spacial score (nSPS) is 12.0. The van der Waals surface area contributed by atoms with Crippen LogP contribution in [-0.2, 0) is 4.79 Å². The third-order valence-electron chi connectivity index (χ3n) is 0.727. The van der Waals surface area contributed by atoms with Crippen molar-refractivity contribution >= 4 is 5.97 Å². The van der Waals surface area contributed by atoms with Gasteiger partial charge in [0.25, 0.3) is 0 Å². The highest BCUT2D eigenvalue weighted by Crippen LogP contribution is 1.96. The molecule has 0 aliphatic heterocycles. The molecule has 0 fully saturated rings. The van der Waals surface area contributed by atoms with E-state index in [0.29, 0.717) is 0 Å². The SMILES string of the molecule is [C]#CC(C)CC(=O)O. The Bertz CT molecular complexity index is 121. The van der Waals surface area contributed by atoms with Crippen molar-refractivity contribution < 1.29 is 9.90 Å². The summed E-state index contributed by atoms with van der Waals surface area (Å²) in [6, 6.07) is 0. The first kappa shape index (κ1) is 7.03. The van der Waals surface area contributed by atoms with E-state index in [1.54, 1.807) is 6.92 Å². The average molecular weight is 111 g/mol. The predicted octanol–water partition coefficient (Wildman–Crippen LogP) is 0.687. The Balaban J connectivity index is 3.43. The fourth-order valence-corrected chi connectivity index (χ4v) is 0.313. The van der Waals surface area contributed by atoms with E-state index >= 15 is 0 Å². The molecule has 0 rings (SSSR count). The molecule has 0 bridgehead atoms. The summed E-state index contributed by atoms with van der Waals surface area (Å²) < 4.78 is 0. The molecule has 2 nitrogen and oxygen atoms in total. The highest BCUT2D eigenvalue weighted by Gasteiger charge is 2.01. The second-order valence-electron chi connectivity index (χ2n) is 1.64. The van der Waals surface area contributed by atoms with Gasteiger partial charge in [-0.2, -0.15) is 0 Å². The Morgan fingerprint density at radius 2 is 2.50 bits per heavy atom. The molecular weight excluding hydrogens is 104 g/mol. The summed E-state index contributed by atoms with van der Waals surface area (Å²) >= 11 is 0. The molecule has 1 N–H and O–H groups in total. The smallest absolute Gasteiger partial charge is 0.304 e. The van der Waals surface area contributed by atoms with E-state index in [1.807, 2.05) is 0 Å². The molecule has 8 heavy (non-hydrogen) atoms. The van der Waals surface area contributed by atoms with Gasteiger partial charge in [-0.1, -0.05) is 12.8 Å². The topological polar surface area (TPSA) is 37.3 Å². The van der Waals surface area contributed by atoms with E-state index in [-0.39, 0.29) is 12.3 Å². The number of hydrogen-bond donors (Lipinski definition) is 1. The minimum Gasteiger partial charge on any atom is -0.481 e. The van der Waals surface area contributed by atoms with Gasteiger partial charge in [0.1, 0.15) is 0 Å². The largest absolute Gasteiger partial charge is 0.481 e. The molecule has 0 aromatic heterocycles. The van der Waals surface area contributed by atoms with E-state index < -0.39 is 5.97 Å². The number of hydrogen-bond acceptors (Lipinski definition) is 1. The Morgan fingerprint density at radius 3 is 2.62 bits per heavy atom. The molecule has 1 radical (unpaired) electrons. The monoisotopic (exact) mass is 111 g/mol. The Morgan fingerprint density at radius 1 is 2.00 bits per heavy atom. The van der Waals surface area contributed by atoms with E-state index in [0.717, 1.165) is 0 Å². The van der Waals surface area contributed by atoms with E-state index in [2.05, 4.69) is 5.92 Å². The maximum atomic E-state index is 9.85. The van der Waals surface area contributed by atoms with E-state index in [9.17, 15) is 4.79 Å². The van der Waals surface area contributed by atoms with Crippen LogP contribution in [0.25, 0.3) is 0 Å². The van der Waals surface area contributed by atoms with Crippen LogP contribution in [0.15, 0.2) is 0 Å². The number of carboxylic acid groups (broad SMARTS) is 1. The molecule has 0 amide bonds. The van der Waals surface area contributed by atoms with Crippen LogP contribution in [0.3, 0.4) is 0 Å². The number of rotatable bonds is 2. The van der Waals surface area contributed by atoms with Crippen LogP contribution in [0.1, 0.15) is 13.3 Å². The van der Waals surface area contributed by atoms with Crippen LogP contribution in [0, 0.1) is 18.3 Å². The molecule has 0 heterocycles. The second-order valence-corrected chi connectivity index (χ2v) is 1.64. The van der Waals surface area contributed by atoms with E-state index in [4.69, 9.17) is 11.5 Å². The fourth-order valence-electron chi connectivity index (χ4n) is 0.313. The van der Waals surface area contributed by atoms with Crippen molar-refractivity contribution in [1.82, 2.24) is 0 Å². The molecule has 1 unspecified atom stereocenters. The standard InChI is InChI=1S/C6H7O2/c1-3-5(2)4-6(7)8/h5H,4H2,2H3,(H,7,8). The summed E-state index contributed by atoms with van der Waals surface area (Å²) in [6.07, 6.45) is 6.49. The van der Waals surface area contributed by atoms with Crippen LogP contribution >= 0.6 is 0 Å². The zero-order chi connectivity index (χ0) is 6.57. The van der Waals surface area contributed by atoms with Crippen molar-refractivity contribution in [1.29, 1.82) is 0 Å². The van der Waals surface area contributed by atoms with Gasteiger partial charge in [0.15, 0.2) is 0 Å². The maximum absolute atomic E-state index is 9.85. The van der Waals surface area contributed by atoms with Crippen molar-refractivity contribution in [2.24, 2.45) is 5.92 Å². The van der Waals surface area contributed by atoms with Crippen LogP contribution in [0.4, 0.5) is 0 Å². The summed E-state index contributed by atoms with van der Waals surface area (Å²) in [5.74, 6) is 0.931. The van der Waals surface area contributed by atoms with Crippen molar-refractivity contribution in [2.45, 2.75) is 13.3 Å².